The molecule has 0 fully saturated rings. The molecule has 1 aromatic carbocycles. The Kier molecular flexibility index (Phi) is 5.30. The van der Waals surface area contributed by atoms with E-state index in [0.717, 1.165) is 23.6 Å². The maximum Gasteiger partial charge on any atom is 0.270 e. The number of hydrogen-bond acceptors (Lipinski definition) is 5. The van der Waals surface area contributed by atoms with Crippen molar-refractivity contribution in [3.05, 3.63) is 41.7 Å². The van der Waals surface area contributed by atoms with Gasteiger partial charge in [0.25, 0.3) is 5.91 Å². The number of carbonyl (C=O) groups is 1. The summed E-state index contributed by atoms with van der Waals surface area (Å²) in [5.74, 6) is 0.979. The second-order valence-corrected chi connectivity index (χ2v) is 4.83. The Morgan fingerprint density at radius 2 is 1.95 bits per heavy atom. The maximum atomic E-state index is 12.0. The van der Waals surface area contributed by atoms with Crippen molar-refractivity contribution in [2.24, 2.45) is 0 Å². The summed E-state index contributed by atoms with van der Waals surface area (Å²) in [7, 11) is 1.62. The van der Waals surface area contributed by atoms with Gasteiger partial charge in [-0.3, -0.25) is 4.79 Å². The van der Waals surface area contributed by atoms with Crippen molar-refractivity contribution in [1.29, 1.82) is 0 Å². The minimum Gasteiger partial charge on any atom is -0.497 e. The fourth-order valence-corrected chi connectivity index (χ4v) is 1.87. The molecule has 0 aliphatic carbocycles. The van der Waals surface area contributed by atoms with Gasteiger partial charge in [0, 0.05) is 17.9 Å². The Bertz CT molecular complexity index is 641. The van der Waals surface area contributed by atoms with Gasteiger partial charge in [0.2, 0.25) is 5.95 Å². The zero-order valence-corrected chi connectivity index (χ0v) is 13.0. The summed E-state index contributed by atoms with van der Waals surface area (Å²) in [6.45, 7) is 4.46. The van der Waals surface area contributed by atoms with E-state index in [-0.39, 0.29) is 5.91 Å². The smallest absolute Gasteiger partial charge is 0.270 e. The Balaban J connectivity index is 2.16. The van der Waals surface area contributed by atoms with E-state index in [4.69, 9.17) is 4.74 Å². The Labute approximate surface area is 129 Å². The lowest BCUT2D eigenvalue weighted by atomic mass is 10.3. The van der Waals surface area contributed by atoms with Crippen LogP contribution in [0.1, 0.15) is 29.5 Å². The molecule has 0 aliphatic heterocycles. The fraction of sp³-hybridized carbons (Fsp3) is 0.312. The molecule has 1 aromatic heterocycles. The number of benzene rings is 1. The van der Waals surface area contributed by atoms with Gasteiger partial charge in [0.05, 0.1) is 7.11 Å². The number of nitrogens with one attached hydrogen (secondary N) is 2. The summed E-state index contributed by atoms with van der Waals surface area (Å²) in [5.41, 5.74) is 1.91. The molecule has 2 rings (SSSR count). The van der Waals surface area contributed by atoms with Crippen LogP contribution in [0, 0.1) is 6.92 Å². The largest absolute Gasteiger partial charge is 0.497 e. The number of nitrogens with zero attached hydrogens (tertiary/aromatic N) is 2. The summed E-state index contributed by atoms with van der Waals surface area (Å²) >= 11 is 0. The molecule has 2 N–H and O–H groups in total. The number of carbonyl (C=O) groups excluding carboxylic acids is 1. The van der Waals surface area contributed by atoms with Crippen LogP contribution in [-0.4, -0.2) is 29.5 Å². The topological polar surface area (TPSA) is 76.1 Å². The molecular formula is C16H20N4O2. The molecule has 0 saturated heterocycles. The molecule has 0 saturated carbocycles. The molecule has 22 heavy (non-hydrogen) atoms. The van der Waals surface area contributed by atoms with Crippen LogP contribution in [0.25, 0.3) is 0 Å². The van der Waals surface area contributed by atoms with Crippen molar-refractivity contribution in [3.63, 3.8) is 0 Å². The van der Waals surface area contributed by atoms with E-state index in [2.05, 4.69) is 20.6 Å². The monoisotopic (exact) mass is 300 g/mol. The second-order valence-electron chi connectivity index (χ2n) is 4.83. The van der Waals surface area contributed by atoms with E-state index in [9.17, 15) is 4.79 Å². The molecule has 0 spiro atoms. The third-order valence-corrected chi connectivity index (χ3v) is 2.97. The zero-order valence-electron chi connectivity index (χ0n) is 13.0. The summed E-state index contributed by atoms with van der Waals surface area (Å²) in [4.78, 5) is 20.6. The third-order valence-electron chi connectivity index (χ3n) is 2.97. The number of methoxy groups -OCH3 is 1. The van der Waals surface area contributed by atoms with Crippen molar-refractivity contribution in [3.8, 4) is 5.75 Å². The minimum absolute atomic E-state index is 0.190. The van der Waals surface area contributed by atoms with Crippen LogP contribution in [0.4, 0.5) is 11.6 Å². The average molecular weight is 300 g/mol. The van der Waals surface area contributed by atoms with Crippen molar-refractivity contribution in [1.82, 2.24) is 15.3 Å². The lowest BCUT2D eigenvalue weighted by molar-refractivity contribution is 0.0948. The quantitative estimate of drug-likeness (QED) is 0.857. The summed E-state index contributed by atoms with van der Waals surface area (Å²) < 4.78 is 5.11. The molecule has 6 nitrogen and oxygen atoms in total. The molecule has 116 valence electrons. The molecule has 2 aromatic rings. The highest BCUT2D eigenvalue weighted by molar-refractivity contribution is 5.92. The number of amides is 1. The number of aryl methyl sites for hydroxylation is 1. The second kappa shape index (κ2) is 7.40. The van der Waals surface area contributed by atoms with Crippen LogP contribution in [0.15, 0.2) is 30.3 Å². The lowest BCUT2D eigenvalue weighted by Crippen LogP contribution is -2.25. The van der Waals surface area contributed by atoms with Crippen LogP contribution >= 0.6 is 0 Å². The van der Waals surface area contributed by atoms with Crippen LogP contribution < -0.4 is 15.4 Å². The van der Waals surface area contributed by atoms with E-state index in [0.29, 0.717) is 18.2 Å². The van der Waals surface area contributed by atoms with Gasteiger partial charge in [-0.2, -0.15) is 0 Å². The van der Waals surface area contributed by atoms with Gasteiger partial charge in [-0.05, 0) is 43.7 Å². The Morgan fingerprint density at radius 1 is 1.23 bits per heavy atom. The van der Waals surface area contributed by atoms with Crippen LogP contribution in [0.3, 0.4) is 0 Å². The molecule has 0 radical (unpaired) electrons. The highest BCUT2D eigenvalue weighted by atomic mass is 16.5. The summed E-state index contributed by atoms with van der Waals surface area (Å²) in [5, 5.41) is 5.90. The van der Waals surface area contributed by atoms with Crippen molar-refractivity contribution < 1.29 is 9.53 Å². The number of rotatable bonds is 6. The first-order chi connectivity index (χ1) is 10.6. The minimum atomic E-state index is -0.190. The van der Waals surface area contributed by atoms with Crippen LogP contribution in [-0.2, 0) is 0 Å². The standard InChI is InChI=1S/C16H20N4O2/c1-4-9-17-15(21)14-10-11(2)18-16(20-14)19-12-5-7-13(22-3)8-6-12/h5-8,10H,4,9H2,1-3H3,(H,17,21)(H,18,19,20). The molecule has 1 heterocycles. The molecular weight excluding hydrogens is 280 g/mol. The fourth-order valence-electron chi connectivity index (χ4n) is 1.87. The predicted octanol–water partition coefficient (Wildman–Crippen LogP) is 2.68. The van der Waals surface area contributed by atoms with Gasteiger partial charge in [-0.1, -0.05) is 6.92 Å². The molecule has 0 atom stereocenters. The number of anilines is 2. The maximum absolute atomic E-state index is 12.0. The van der Waals surface area contributed by atoms with Crippen LogP contribution in [0.5, 0.6) is 5.75 Å². The Hall–Kier alpha value is -2.63. The highest BCUT2D eigenvalue weighted by Gasteiger charge is 2.10. The van der Waals surface area contributed by atoms with Crippen molar-refractivity contribution >= 4 is 17.5 Å². The normalized spacial score (nSPS) is 10.1. The number of hydrogen-bond donors (Lipinski definition) is 2. The van der Waals surface area contributed by atoms with E-state index in [1.807, 2.05) is 38.1 Å². The first-order valence-corrected chi connectivity index (χ1v) is 7.17. The predicted molar refractivity (Wildman–Crippen MR) is 85.7 cm³/mol. The SMILES string of the molecule is CCCNC(=O)c1cc(C)nc(Nc2ccc(OC)cc2)n1. The van der Waals surface area contributed by atoms with Gasteiger partial charge < -0.3 is 15.4 Å². The average Bonchev–Trinajstić information content (AvgIpc) is 2.52. The zero-order chi connectivity index (χ0) is 15.9. The van der Waals surface area contributed by atoms with Gasteiger partial charge in [0.1, 0.15) is 11.4 Å². The van der Waals surface area contributed by atoms with Gasteiger partial charge in [0.15, 0.2) is 0 Å². The van der Waals surface area contributed by atoms with E-state index >= 15 is 0 Å². The van der Waals surface area contributed by atoms with Crippen molar-refractivity contribution in [2.75, 3.05) is 19.0 Å². The molecule has 6 heteroatoms. The van der Waals surface area contributed by atoms with E-state index < -0.39 is 0 Å². The molecule has 0 bridgehead atoms. The first-order valence-electron chi connectivity index (χ1n) is 7.17. The Morgan fingerprint density at radius 3 is 2.59 bits per heavy atom. The summed E-state index contributed by atoms with van der Waals surface area (Å²) in [6.07, 6.45) is 0.882. The molecule has 0 unspecified atom stereocenters. The summed E-state index contributed by atoms with van der Waals surface area (Å²) in [6, 6.07) is 9.08. The van der Waals surface area contributed by atoms with Crippen molar-refractivity contribution in [2.45, 2.75) is 20.3 Å². The van der Waals surface area contributed by atoms with Gasteiger partial charge in [-0.15, -0.1) is 0 Å². The number of ether oxygens (including phenoxy) is 1. The van der Waals surface area contributed by atoms with E-state index in [1.165, 1.54) is 0 Å². The van der Waals surface area contributed by atoms with Gasteiger partial charge >= 0.3 is 0 Å². The highest BCUT2D eigenvalue weighted by Crippen LogP contribution is 2.18. The molecule has 1 amide bonds. The van der Waals surface area contributed by atoms with Crippen LogP contribution in [0.2, 0.25) is 0 Å². The van der Waals surface area contributed by atoms with Gasteiger partial charge in [-0.25, -0.2) is 9.97 Å². The molecule has 0 aliphatic rings. The number of aromatic nitrogens is 2. The third kappa shape index (κ3) is 4.18. The first kappa shape index (κ1) is 15.8. The van der Waals surface area contributed by atoms with E-state index in [1.54, 1.807) is 13.2 Å². The lowest BCUT2D eigenvalue weighted by Gasteiger charge is -2.09.